The van der Waals surface area contributed by atoms with Gasteiger partial charge in [0.15, 0.2) is 0 Å². The van der Waals surface area contributed by atoms with Crippen molar-refractivity contribution in [3.63, 3.8) is 0 Å². The van der Waals surface area contributed by atoms with Crippen LogP contribution in [0.3, 0.4) is 0 Å². The van der Waals surface area contributed by atoms with Gasteiger partial charge in [0.2, 0.25) is 5.96 Å². The molecule has 25 heavy (non-hydrogen) atoms. The van der Waals surface area contributed by atoms with Crippen LogP contribution in [0.5, 0.6) is 0 Å². The smallest absolute Gasteiger partial charge is 0.437 e. The largest absolute Gasteiger partial charge is 0.442 e. The molecule has 5 N–H and O–H groups in total. The van der Waals surface area contributed by atoms with Gasteiger partial charge in [0.1, 0.15) is 11.3 Å². The molecule has 0 saturated heterocycles. The van der Waals surface area contributed by atoms with E-state index in [4.69, 9.17) is 10.5 Å². The minimum atomic E-state index is -0.822. The van der Waals surface area contributed by atoms with Crippen molar-refractivity contribution >= 4 is 29.3 Å². The molecule has 1 aromatic heterocycles. The van der Waals surface area contributed by atoms with E-state index in [1.165, 1.54) is 0 Å². The fourth-order valence-corrected chi connectivity index (χ4v) is 1.81. The average molecular weight is 343 g/mol. The number of benzene rings is 1. The number of amides is 2. The van der Waals surface area contributed by atoms with E-state index >= 15 is 0 Å². The number of aromatic amines is 1. The monoisotopic (exact) mass is 343 g/mol. The number of nitrogens with one attached hydrogen (secondary N) is 3. The number of nitrogen functional groups attached to an aromatic ring is 1. The predicted molar refractivity (Wildman–Crippen MR) is 96.4 cm³/mol. The number of aliphatic imine (C=N–C) groups is 1. The highest BCUT2D eigenvalue weighted by Gasteiger charge is 2.18. The number of nitrogens with zero attached hydrogens (tertiary/aromatic N) is 1. The minimum Gasteiger partial charge on any atom is -0.442 e. The van der Waals surface area contributed by atoms with Crippen LogP contribution in [0.4, 0.5) is 16.2 Å². The predicted octanol–water partition coefficient (Wildman–Crippen LogP) is 2.73. The van der Waals surface area contributed by atoms with Crippen LogP contribution in [-0.4, -0.2) is 28.5 Å². The highest BCUT2D eigenvalue weighted by atomic mass is 16.6. The molecule has 0 unspecified atom stereocenters. The van der Waals surface area contributed by atoms with Crippen LogP contribution in [0, 0.1) is 0 Å². The van der Waals surface area contributed by atoms with Gasteiger partial charge < -0.3 is 20.8 Å². The standard InChI is InChI=1S/C17H21N5O3/c1-17(2,3)25-16(24)22-15(20-12-8-6-11(18)7-9-12)21-14(23)13-5-4-10-19-13/h4-10,19H,18H2,1-3H3,(H2,20,21,22,23,24). The number of anilines is 2. The van der Waals surface area contributed by atoms with Gasteiger partial charge in [-0.3, -0.25) is 10.1 Å². The molecule has 1 aromatic carbocycles. The van der Waals surface area contributed by atoms with Gasteiger partial charge in [0, 0.05) is 17.6 Å². The third-order valence-corrected chi connectivity index (χ3v) is 2.84. The Morgan fingerprint density at radius 2 is 1.84 bits per heavy atom. The maximum absolute atomic E-state index is 12.2. The summed E-state index contributed by atoms with van der Waals surface area (Å²) in [4.78, 5) is 30.7. The fourth-order valence-electron chi connectivity index (χ4n) is 1.81. The molecule has 132 valence electrons. The molecule has 2 rings (SSSR count). The Bertz CT molecular complexity index is 759. The van der Waals surface area contributed by atoms with Gasteiger partial charge in [0.25, 0.3) is 5.91 Å². The molecule has 2 aromatic rings. The average Bonchev–Trinajstić information content (AvgIpc) is 3.02. The number of hydrogen-bond acceptors (Lipinski definition) is 4. The zero-order chi connectivity index (χ0) is 18.4. The highest BCUT2D eigenvalue weighted by molar-refractivity contribution is 6.11. The Hall–Kier alpha value is -3.29. The maximum Gasteiger partial charge on any atom is 0.437 e. The zero-order valence-corrected chi connectivity index (χ0v) is 14.3. The Labute approximate surface area is 145 Å². The van der Waals surface area contributed by atoms with Crippen LogP contribution in [0.25, 0.3) is 0 Å². The summed E-state index contributed by atoms with van der Waals surface area (Å²) in [5, 5.41) is 5.40. The molecule has 0 bridgehead atoms. The molecular weight excluding hydrogens is 322 g/mol. The number of aromatic nitrogens is 1. The van der Waals surface area contributed by atoms with Crippen LogP contribution in [-0.2, 0) is 4.74 Å². The molecule has 0 saturated carbocycles. The van der Waals surface area contributed by atoms with Crippen molar-refractivity contribution in [1.82, 2.24) is 10.3 Å². The summed E-state index contributed by atoms with van der Waals surface area (Å²) in [6, 6.07) is 10.0. The molecule has 0 aliphatic rings. The van der Waals surface area contributed by atoms with E-state index in [9.17, 15) is 9.59 Å². The van der Waals surface area contributed by atoms with E-state index in [-0.39, 0.29) is 5.96 Å². The number of nitrogens with two attached hydrogens (primary N) is 1. The van der Waals surface area contributed by atoms with E-state index in [0.29, 0.717) is 17.1 Å². The normalized spacial score (nSPS) is 11.7. The van der Waals surface area contributed by atoms with Crippen molar-refractivity contribution in [3.05, 3.63) is 48.3 Å². The summed E-state index contributed by atoms with van der Waals surface area (Å²) in [7, 11) is 0. The molecular formula is C17H21N5O3. The van der Waals surface area contributed by atoms with E-state index in [2.05, 4.69) is 20.6 Å². The van der Waals surface area contributed by atoms with Crippen LogP contribution in [0.1, 0.15) is 31.3 Å². The SMILES string of the molecule is CC(C)(C)OC(=O)/N=C(/NC(=O)c1ccc[nH]1)Nc1ccc(N)cc1. The summed E-state index contributed by atoms with van der Waals surface area (Å²) >= 11 is 0. The van der Waals surface area contributed by atoms with E-state index in [0.717, 1.165) is 0 Å². The molecule has 0 spiro atoms. The van der Waals surface area contributed by atoms with Gasteiger partial charge in [-0.05, 0) is 57.2 Å². The summed E-state index contributed by atoms with van der Waals surface area (Å²) < 4.78 is 5.15. The van der Waals surface area contributed by atoms with Gasteiger partial charge in [-0.2, -0.15) is 0 Å². The van der Waals surface area contributed by atoms with Gasteiger partial charge in [-0.25, -0.2) is 4.79 Å². The van der Waals surface area contributed by atoms with Crippen LogP contribution in [0.15, 0.2) is 47.6 Å². The van der Waals surface area contributed by atoms with Crippen LogP contribution in [0.2, 0.25) is 0 Å². The van der Waals surface area contributed by atoms with Crippen molar-refractivity contribution in [3.8, 4) is 0 Å². The third kappa shape index (κ3) is 6.02. The zero-order valence-electron chi connectivity index (χ0n) is 14.3. The molecule has 0 atom stereocenters. The van der Waals surface area contributed by atoms with Gasteiger partial charge in [-0.15, -0.1) is 4.99 Å². The third-order valence-electron chi connectivity index (χ3n) is 2.84. The maximum atomic E-state index is 12.2. The first-order chi connectivity index (χ1) is 11.7. The number of carbonyl (C=O) groups excluding carboxylic acids is 2. The molecule has 8 heteroatoms. The van der Waals surface area contributed by atoms with Gasteiger partial charge >= 0.3 is 6.09 Å². The van der Waals surface area contributed by atoms with Crippen molar-refractivity contribution in [1.29, 1.82) is 0 Å². The highest BCUT2D eigenvalue weighted by Crippen LogP contribution is 2.11. The molecule has 0 radical (unpaired) electrons. The van der Waals surface area contributed by atoms with E-state index in [1.54, 1.807) is 63.4 Å². The van der Waals surface area contributed by atoms with Crippen LogP contribution < -0.4 is 16.4 Å². The van der Waals surface area contributed by atoms with E-state index in [1.807, 2.05) is 0 Å². The second-order valence-electron chi connectivity index (χ2n) is 6.23. The Kier molecular flexibility index (Phi) is 5.43. The molecule has 0 aliphatic heterocycles. The first-order valence-electron chi connectivity index (χ1n) is 7.62. The molecule has 8 nitrogen and oxygen atoms in total. The number of guanidine groups is 1. The lowest BCUT2D eigenvalue weighted by Crippen LogP contribution is -2.37. The lowest BCUT2D eigenvalue weighted by Gasteiger charge is -2.18. The molecule has 1 heterocycles. The molecule has 0 fully saturated rings. The van der Waals surface area contributed by atoms with Crippen molar-refractivity contribution < 1.29 is 14.3 Å². The van der Waals surface area contributed by atoms with Gasteiger partial charge in [0.05, 0.1) is 0 Å². The first kappa shape index (κ1) is 18.1. The lowest BCUT2D eigenvalue weighted by molar-refractivity contribution is 0.0604. The topological polar surface area (TPSA) is 122 Å². The summed E-state index contributed by atoms with van der Waals surface area (Å²) in [5.41, 5.74) is 6.47. The summed E-state index contributed by atoms with van der Waals surface area (Å²) in [6.45, 7) is 5.18. The second-order valence-corrected chi connectivity index (χ2v) is 6.23. The summed E-state index contributed by atoms with van der Waals surface area (Å²) in [5.74, 6) is -0.506. The molecule has 0 aliphatic carbocycles. The lowest BCUT2D eigenvalue weighted by atomic mass is 10.2. The number of carbonyl (C=O) groups is 2. The number of ether oxygens (including phenoxy) is 1. The molecule has 2 amide bonds. The van der Waals surface area contributed by atoms with Crippen molar-refractivity contribution in [2.75, 3.05) is 11.1 Å². The van der Waals surface area contributed by atoms with Crippen LogP contribution >= 0.6 is 0 Å². The number of rotatable bonds is 2. The van der Waals surface area contributed by atoms with Crippen molar-refractivity contribution in [2.24, 2.45) is 4.99 Å². The number of hydrogen-bond donors (Lipinski definition) is 4. The minimum absolute atomic E-state index is 0.0568. The van der Waals surface area contributed by atoms with E-state index < -0.39 is 17.6 Å². The van der Waals surface area contributed by atoms with Gasteiger partial charge in [-0.1, -0.05) is 0 Å². The Balaban J connectivity index is 2.19. The summed E-state index contributed by atoms with van der Waals surface area (Å²) in [6.07, 6.45) is 0.796. The Morgan fingerprint density at radius 3 is 2.40 bits per heavy atom. The fraction of sp³-hybridized carbons (Fsp3) is 0.235. The Morgan fingerprint density at radius 1 is 1.16 bits per heavy atom. The number of H-pyrrole nitrogens is 1. The van der Waals surface area contributed by atoms with Crippen molar-refractivity contribution in [2.45, 2.75) is 26.4 Å². The second kappa shape index (κ2) is 7.52. The first-order valence-corrected chi connectivity index (χ1v) is 7.62. The quantitative estimate of drug-likeness (QED) is 0.379.